The van der Waals surface area contributed by atoms with Crippen molar-refractivity contribution in [1.29, 1.82) is 0 Å². The van der Waals surface area contributed by atoms with Crippen molar-refractivity contribution in [2.75, 3.05) is 53.9 Å². The first-order valence-corrected chi connectivity index (χ1v) is 16.1. The summed E-state index contributed by atoms with van der Waals surface area (Å²) in [6.45, 7) is 10.3. The number of nitrogen functional groups attached to an aromatic ring is 1. The number of nitrogens with two attached hydrogens (primary N) is 1. The Hall–Kier alpha value is -4.80. The molecule has 1 atom stereocenters. The van der Waals surface area contributed by atoms with Gasteiger partial charge in [-0.05, 0) is 48.3 Å². The molecule has 1 unspecified atom stereocenters. The number of benzene rings is 3. The highest BCUT2D eigenvalue weighted by molar-refractivity contribution is 6.03. The highest BCUT2D eigenvalue weighted by Crippen LogP contribution is 2.44. The second-order valence-corrected chi connectivity index (χ2v) is 13.8. The molecule has 2 N–H and O–H groups in total. The van der Waals surface area contributed by atoms with Gasteiger partial charge in [0.25, 0.3) is 5.91 Å². The third-order valence-electron chi connectivity index (χ3n) is 8.51. The molecule has 2 heterocycles. The predicted octanol–water partition coefficient (Wildman–Crippen LogP) is 7.32. The lowest BCUT2D eigenvalue weighted by molar-refractivity contribution is 0.0771. The van der Waals surface area contributed by atoms with Crippen molar-refractivity contribution >= 4 is 23.5 Å². The van der Waals surface area contributed by atoms with Gasteiger partial charge in [-0.1, -0.05) is 27.7 Å². The van der Waals surface area contributed by atoms with Gasteiger partial charge in [0.05, 0.1) is 64.6 Å². The van der Waals surface area contributed by atoms with Gasteiger partial charge in [0.2, 0.25) is 5.75 Å². The minimum absolute atomic E-state index is 0.0144. The predicted molar refractivity (Wildman–Crippen MR) is 185 cm³/mol. The number of aliphatic imine (C=N–C) groups is 1. The maximum absolute atomic E-state index is 13.2. The lowest BCUT2D eigenvalue weighted by Crippen LogP contribution is -2.35. The molecule has 1 saturated heterocycles. The molecule has 0 aromatic heterocycles. The van der Waals surface area contributed by atoms with Crippen LogP contribution in [0.2, 0.25) is 0 Å². The quantitative estimate of drug-likeness (QED) is 0.177. The average molecular weight is 662 g/mol. The number of anilines is 1. The van der Waals surface area contributed by atoms with Crippen LogP contribution in [0.5, 0.6) is 46.0 Å². The molecule has 0 saturated carbocycles. The number of nitrogens with zero attached hydrogens (tertiary/aromatic N) is 2. The van der Waals surface area contributed by atoms with Gasteiger partial charge in [0, 0.05) is 37.0 Å². The minimum Gasteiger partial charge on any atom is -0.493 e. The van der Waals surface area contributed by atoms with Gasteiger partial charge in [-0.2, -0.15) is 0 Å². The maximum atomic E-state index is 13.2. The summed E-state index contributed by atoms with van der Waals surface area (Å²) in [7, 11) is 6.23. The van der Waals surface area contributed by atoms with Gasteiger partial charge in [0.1, 0.15) is 11.5 Å². The van der Waals surface area contributed by atoms with Gasteiger partial charge in [-0.3, -0.25) is 9.79 Å². The van der Waals surface area contributed by atoms with E-state index < -0.39 is 0 Å². The zero-order valence-electron chi connectivity index (χ0n) is 29.2. The van der Waals surface area contributed by atoms with Crippen LogP contribution in [-0.2, 0) is 0 Å². The molecule has 3 aromatic carbocycles. The second kappa shape index (κ2) is 14.1. The Morgan fingerprint density at radius 3 is 2.08 bits per heavy atom. The van der Waals surface area contributed by atoms with Crippen LogP contribution >= 0.6 is 0 Å². The SMILES string of the molecule is COc1cc2c(cc1OCC(C)(C)CC(C)(C)COc1ccc(Oc3cc(OC)c(OC)c(OC)c3)c(N)c1)N=CC1CCCN1C2=O. The molecule has 0 bridgehead atoms. The molecule has 5 rings (SSSR count). The van der Waals surface area contributed by atoms with E-state index in [0.29, 0.717) is 76.1 Å². The molecule has 258 valence electrons. The van der Waals surface area contributed by atoms with E-state index >= 15 is 0 Å². The van der Waals surface area contributed by atoms with Crippen LogP contribution in [0.1, 0.15) is 57.3 Å². The molecular formula is C37H47N3O8. The number of fused-ring (bicyclic) bond motifs is 2. The van der Waals surface area contributed by atoms with E-state index in [-0.39, 0.29) is 22.8 Å². The molecule has 0 aliphatic carbocycles. The van der Waals surface area contributed by atoms with Crippen LogP contribution in [0, 0.1) is 10.8 Å². The summed E-state index contributed by atoms with van der Waals surface area (Å²) in [5.74, 6) is 4.09. The number of ether oxygens (including phenoxy) is 7. The van der Waals surface area contributed by atoms with E-state index in [1.807, 2.05) is 23.2 Å². The molecule has 11 heteroatoms. The van der Waals surface area contributed by atoms with Crippen LogP contribution in [0.25, 0.3) is 0 Å². The highest BCUT2D eigenvalue weighted by Gasteiger charge is 2.34. The van der Waals surface area contributed by atoms with Gasteiger partial charge >= 0.3 is 0 Å². The van der Waals surface area contributed by atoms with Crippen LogP contribution in [0.4, 0.5) is 11.4 Å². The van der Waals surface area contributed by atoms with E-state index in [0.717, 1.165) is 25.8 Å². The molecule has 11 nitrogen and oxygen atoms in total. The Morgan fingerprint density at radius 1 is 0.792 bits per heavy atom. The van der Waals surface area contributed by atoms with Gasteiger partial charge < -0.3 is 43.8 Å². The summed E-state index contributed by atoms with van der Waals surface area (Å²) in [6, 6.07) is 12.4. The molecule has 2 aliphatic heterocycles. The normalized spacial score (nSPS) is 15.7. The van der Waals surface area contributed by atoms with E-state index in [1.165, 1.54) is 0 Å². The molecule has 1 fully saturated rings. The van der Waals surface area contributed by atoms with Crippen molar-refractivity contribution in [3.63, 3.8) is 0 Å². The van der Waals surface area contributed by atoms with Crippen molar-refractivity contribution in [3.05, 3.63) is 48.0 Å². The minimum atomic E-state index is -0.219. The number of methoxy groups -OCH3 is 4. The number of carbonyl (C=O) groups excluding carboxylic acids is 1. The van der Waals surface area contributed by atoms with Crippen LogP contribution in [-0.4, -0.2) is 71.3 Å². The number of hydrogen-bond donors (Lipinski definition) is 1. The summed E-state index contributed by atoms with van der Waals surface area (Å²) >= 11 is 0. The van der Waals surface area contributed by atoms with Crippen molar-refractivity contribution in [2.45, 2.75) is 53.0 Å². The first-order chi connectivity index (χ1) is 22.9. The fourth-order valence-electron chi connectivity index (χ4n) is 6.52. The summed E-state index contributed by atoms with van der Waals surface area (Å²) in [5, 5.41) is 0. The van der Waals surface area contributed by atoms with Crippen molar-refractivity contribution in [2.24, 2.45) is 15.8 Å². The Balaban J connectivity index is 1.20. The standard InChI is InChI=1S/C37H47N3O8/c1-36(2,21-46-24-11-12-29(27(38)14-24)48-25-15-32(43-6)34(45-8)33(16-25)44-7)20-37(3,4)22-47-31-18-28-26(17-30(31)42-5)35(41)40-13-9-10-23(40)19-39-28/h11-12,14-19,23H,9-10,13,20-22,38H2,1-8H3. The van der Waals surface area contributed by atoms with E-state index in [1.54, 1.807) is 58.8 Å². The van der Waals surface area contributed by atoms with E-state index in [4.69, 9.17) is 38.9 Å². The fraction of sp³-hybridized carbons (Fsp3) is 0.459. The van der Waals surface area contributed by atoms with Gasteiger partial charge in [0.15, 0.2) is 28.7 Å². The van der Waals surface area contributed by atoms with Crippen molar-refractivity contribution < 1.29 is 38.0 Å². The molecule has 2 aliphatic rings. The third-order valence-corrected chi connectivity index (χ3v) is 8.51. The molecule has 0 spiro atoms. The Bertz CT molecular complexity index is 1640. The summed E-state index contributed by atoms with van der Waals surface area (Å²) in [4.78, 5) is 19.8. The molecule has 3 aromatic rings. The van der Waals surface area contributed by atoms with E-state index in [2.05, 4.69) is 32.7 Å². The van der Waals surface area contributed by atoms with Crippen molar-refractivity contribution in [3.8, 4) is 46.0 Å². The number of amides is 1. The van der Waals surface area contributed by atoms with Gasteiger partial charge in [-0.25, -0.2) is 0 Å². The third kappa shape index (κ3) is 7.67. The molecule has 0 radical (unpaired) electrons. The number of hydrogen-bond acceptors (Lipinski definition) is 10. The topological polar surface area (TPSA) is 123 Å². The summed E-state index contributed by atoms with van der Waals surface area (Å²) in [5.41, 5.74) is 7.51. The van der Waals surface area contributed by atoms with Crippen LogP contribution in [0.3, 0.4) is 0 Å². The molecule has 48 heavy (non-hydrogen) atoms. The zero-order valence-corrected chi connectivity index (χ0v) is 29.2. The number of rotatable bonds is 14. The first kappa shape index (κ1) is 34.5. The summed E-state index contributed by atoms with van der Waals surface area (Å²) in [6.07, 6.45) is 4.60. The number of carbonyl (C=O) groups is 1. The Kier molecular flexibility index (Phi) is 10.2. The Labute approximate surface area is 282 Å². The van der Waals surface area contributed by atoms with E-state index in [9.17, 15) is 4.79 Å². The lowest BCUT2D eigenvalue weighted by Gasteiger charge is -2.34. The van der Waals surface area contributed by atoms with Gasteiger partial charge in [-0.15, -0.1) is 0 Å². The zero-order chi connectivity index (χ0) is 34.6. The molecule has 1 amide bonds. The Morgan fingerprint density at radius 2 is 1.46 bits per heavy atom. The van der Waals surface area contributed by atoms with Crippen molar-refractivity contribution in [1.82, 2.24) is 4.90 Å². The largest absolute Gasteiger partial charge is 0.493 e. The van der Waals surface area contributed by atoms with Crippen LogP contribution in [0.15, 0.2) is 47.5 Å². The molecular weight excluding hydrogens is 614 g/mol. The smallest absolute Gasteiger partial charge is 0.256 e. The lowest BCUT2D eigenvalue weighted by atomic mass is 9.76. The fourth-order valence-corrected chi connectivity index (χ4v) is 6.52. The first-order valence-electron chi connectivity index (χ1n) is 16.1. The second-order valence-electron chi connectivity index (χ2n) is 13.8. The maximum Gasteiger partial charge on any atom is 0.256 e. The monoisotopic (exact) mass is 661 g/mol. The highest BCUT2D eigenvalue weighted by atomic mass is 16.5. The average Bonchev–Trinajstić information content (AvgIpc) is 3.49. The van der Waals surface area contributed by atoms with Crippen LogP contribution < -0.4 is 38.9 Å². The summed E-state index contributed by atoms with van der Waals surface area (Å²) < 4.78 is 40.5.